The summed E-state index contributed by atoms with van der Waals surface area (Å²) in [7, 11) is 0. The summed E-state index contributed by atoms with van der Waals surface area (Å²) in [5.74, 6) is 1.32. The normalized spacial score (nSPS) is 10.7. The van der Waals surface area contributed by atoms with Crippen molar-refractivity contribution in [1.82, 2.24) is 5.32 Å². The van der Waals surface area contributed by atoms with Crippen LogP contribution < -0.4 is 14.8 Å². The molecule has 0 saturated carbocycles. The average molecular weight is 362 g/mol. The molecule has 0 saturated heterocycles. The molecule has 0 radical (unpaired) electrons. The average Bonchev–Trinajstić information content (AvgIpc) is 2.62. The van der Waals surface area contributed by atoms with Crippen LogP contribution in [-0.4, -0.2) is 13.2 Å². The van der Waals surface area contributed by atoms with Crippen molar-refractivity contribution in [2.45, 2.75) is 46.3 Å². The van der Waals surface area contributed by atoms with Gasteiger partial charge in [-0.05, 0) is 43.1 Å². The van der Waals surface area contributed by atoms with E-state index in [0.717, 1.165) is 24.2 Å². The van der Waals surface area contributed by atoms with Gasteiger partial charge in [0.1, 0.15) is 6.61 Å². The maximum atomic E-state index is 6.47. The molecule has 2 aromatic carbocycles. The molecule has 0 atom stereocenters. The van der Waals surface area contributed by atoms with Gasteiger partial charge in [-0.2, -0.15) is 0 Å². The number of unbranched alkanes of at least 4 members (excludes halogenated alkanes) is 2. The quantitative estimate of drug-likeness (QED) is 0.528. The Hall–Kier alpha value is -1.71. The first-order valence-electron chi connectivity index (χ1n) is 9.07. The van der Waals surface area contributed by atoms with E-state index >= 15 is 0 Å². The summed E-state index contributed by atoms with van der Waals surface area (Å²) in [6, 6.07) is 14.0. The van der Waals surface area contributed by atoms with Gasteiger partial charge in [-0.15, -0.1) is 0 Å². The fraction of sp³-hybridized carbons (Fsp3) is 0.429. The Labute approximate surface area is 156 Å². The summed E-state index contributed by atoms with van der Waals surface area (Å²) >= 11 is 6.47. The first-order valence-corrected chi connectivity index (χ1v) is 9.45. The van der Waals surface area contributed by atoms with Crippen LogP contribution in [0.1, 0.15) is 44.2 Å². The SMILES string of the molecule is CCCCCNCc1cc(Cl)c(OCc2ccccc2)c(OCC)c1. The number of ether oxygens (including phenoxy) is 2. The topological polar surface area (TPSA) is 30.5 Å². The second-order valence-electron chi connectivity index (χ2n) is 6.00. The van der Waals surface area contributed by atoms with E-state index in [4.69, 9.17) is 21.1 Å². The molecule has 3 nitrogen and oxygen atoms in total. The number of nitrogens with one attached hydrogen (secondary N) is 1. The van der Waals surface area contributed by atoms with E-state index < -0.39 is 0 Å². The van der Waals surface area contributed by atoms with E-state index in [1.807, 2.05) is 49.4 Å². The number of hydrogen-bond acceptors (Lipinski definition) is 3. The van der Waals surface area contributed by atoms with E-state index in [9.17, 15) is 0 Å². The zero-order valence-corrected chi connectivity index (χ0v) is 15.9. The molecular weight excluding hydrogens is 334 g/mol. The van der Waals surface area contributed by atoms with Gasteiger partial charge in [-0.3, -0.25) is 0 Å². The molecule has 0 aliphatic rings. The minimum Gasteiger partial charge on any atom is -0.490 e. The molecule has 0 aromatic heterocycles. The van der Waals surface area contributed by atoms with Crippen molar-refractivity contribution in [2.24, 2.45) is 0 Å². The van der Waals surface area contributed by atoms with Crippen LogP contribution in [0.3, 0.4) is 0 Å². The maximum Gasteiger partial charge on any atom is 0.180 e. The molecule has 2 rings (SSSR count). The second-order valence-corrected chi connectivity index (χ2v) is 6.40. The monoisotopic (exact) mass is 361 g/mol. The molecule has 0 unspecified atom stereocenters. The zero-order valence-electron chi connectivity index (χ0n) is 15.2. The number of hydrogen-bond donors (Lipinski definition) is 1. The molecule has 136 valence electrons. The minimum absolute atomic E-state index is 0.468. The van der Waals surface area contributed by atoms with Gasteiger partial charge in [-0.1, -0.05) is 61.7 Å². The molecule has 25 heavy (non-hydrogen) atoms. The standard InChI is InChI=1S/C21H28ClNO2/c1-3-5-9-12-23-15-18-13-19(22)21(20(14-18)24-4-2)25-16-17-10-7-6-8-11-17/h6-8,10-11,13-14,23H,3-5,9,12,15-16H2,1-2H3. The van der Waals surface area contributed by atoms with Crippen LogP contribution in [0.25, 0.3) is 0 Å². The highest BCUT2D eigenvalue weighted by Gasteiger charge is 2.13. The number of rotatable bonds is 11. The van der Waals surface area contributed by atoms with Crippen molar-refractivity contribution in [1.29, 1.82) is 0 Å². The first kappa shape index (κ1) is 19.6. The molecule has 0 bridgehead atoms. The highest BCUT2D eigenvalue weighted by atomic mass is 35.5. The van der Waals surface area contributed by atoms with Crippen LogP contribution in [0.2, 0.25) is 5.02 Å². The largest absolute Gasteiger partial charge is 0.490 e. The molecule has 0 amide bonds. The first-order chi connectivity index (χ1) is 12.2. The van der Waals surface area contributed by atoms with Crippen molar-refractivity contribution in [3.63, 3.8) is 0 Å². The van der Waals surface area contributed by atoms with Crippen molar-refractivity contribution in [2.75, 3.05) is 13.2 Å². The van der Waals surface area contributed by atoms with Crippen LogP contribution >= 0.6 is 11.6 Å². The molecule has 0 aliphatic heterocycles. The van der Waals surface area contributed by atoms with Gasteiger partial charge in [0.15, 0.2) is 11.5 Å². The summed E-state index contributed by atoms with van der Waals surface area (Å²) in [4.78, 5) is 0. The van der Waals surface area contributed by atoms with Crippen LogP contribution in [0.4, 0.5) is 0 Å². The Balaban J connectivity index is 2.03. The van der Waals surface area contributed by atoms with Crippen LogP contribution in [0.5, 0.6) is 11.5 Å². The van der Waals surface area contributed by atoms with E-state index in [2.05, 4.69) is 12.2 Å². The Kier molecular flexibility index (Phi) is 8.64. The molecular formula is C21H28ClNO2. The molecule has 0 fully saturated rings. The second kappa shape index (κ2) is 11.0. The molecule has 4 heteroatoms. The Morgan fingerprint density at radius 1 is 0.960 bits per heavy atom. The Morgan fingerprint density at radius 3 is 2.48 bits per heavy atom. The molecule has 0 aliphatic carbocycles. The lowest BCUT2D eigenvalue weighted by atomic mass is 10.2. The van der Waals surface area contributed by atoms with Crippen LogP contribution in [-0.2, 0) is 13.2 Å². The lowest BCUT2D eigenvalue weighted by Crippen LogP contribution is -2.14. The van der Waals surface area contributed by atoms with Gasteiger partial charge in [0.25, 0.3) is 0 Å². The van der Waals surface area contributed by atoms with E-state index in [0.29, 0.717) is 29.7 Å². The summed E-state index contributed by atoms with van der Waals surface area (Å²) in [6.45, 7) is 7.01. The van der Waals surface area contributed by atoms with Gasteiger partial charge in [-0.25, -0.2) is 0 Å². The molecule has 1 N–H and O–H groups in total. The van der Waals surface area contributed by atoms with Gasteiger partial charge < -0.3 is 14.8 Å². The van der Waals surface area contributed by atoms with Crippen molar-refractivity contribution < 1.29 is 9.47 Å². The molecule has 2 aromatic rings. The highest BCUT2D eigenvalue weighted by molar-refractivity contribution is 6.32. The minimum atomic E-state index is 0.468. The van der Waals surface area contributed by atoms with Crippen molar-refractivity contribution >= 4 is 11.6 Å². The summed E-state index contributed by atoms with van der Waals surface area (Å²) in [6.07, 6.45) is 3.68. The Morgan fingerprint density at radius 2 is 1.76 bits per heavy atom. The highest BCUT2D eigenvalue weighted by Crippen LogP contribution is 2.37. The summed E-state index contributed by atoms with van der Waals surface area (Å²) in [5.41, 5.74) is 2.21. The van der Waals surface area contributed by atoms with E-state index in [-0.39, 0.29) is 0 Å². The van der Waals surface area contributed by atoms with Gasteiger partial charge in [0.05, 0.1) is 11.6 Å². The van der Waals surface area contributed by atoms with Gasteiger partial charge in [0.2, 0.25) is 0 Å². The molecule has 0 heterocycles. The third kappa shape index (κ3) is 6.60. The van der Waals surface area contributed by atoms with Crippen LogP contribution in [0, 0.1) is 0 Å². The lowest BCUT2D eigenvalue weighted by molar-refractivity contribution is 0.269. The third-order valence-electron chi connectivity index (χ3n) is 3.88. The van der Waals surface area contributed by atoms with Gasteiger partial charge >= 0.3 is 0 Å². The van der Waals surface area contributed by atoms with Crippen LogP contribution in [0.15, 0.2) is 42.5 Å². The van der Waals surface area contributed by atoms with Crippen molar-refractivity contribution in [3.05, 3.63) is 58.6 Å². The Bertz CT molecular complexity index is 631. The third-order valence-corrected chi connectivity index (χ3v) is 4.16. The predicted molar refractivity (Wildman–Crippen MR) is 105 cm³/mol. The van der Waals surface area contributed by atoms with Gasteiger partial charge in [0, 0.05) is 6.54 Å². The smallest absolute Gasteiger partial charge is 0.180 e. The zero-order chi connectivity index (χ0) is 17.9. The molecule has 0 spiro atoms. The number of halogens is 1. The maximum absolute atomic E-state index is 6.47. The fourth-order valence-electron chi connectivity index (χ4n) is 2.59. The van der Waals surface area contributed by atoms with E-state index in [1.54, 1.807) is 0 Å². The predicted octanol–water partition coefficient (Wildman–Crippen LogP) is 5.60. The summed E-state index contributed by atoms with van der Waals surface area (Å²) in [5, 5.41) is 4.05. The summed E-state index contributed by atoms with van der Waals surface area (Å²) < 4.78 is 11.7. The van der Waals surface area contributed by atoms with E-state index in [1.165, 1.54) is 19.3 Å². The fourth-order valence-corrected chi connectivity index (χ4v) is 2.88. The van der Waals surface area contributed by atoms with Crippen molar-refractivity contribution in [3.8, 4) is 11.5 Å². The number of benzene rings is 2. The lowest BCUT2D eigenvalue weighted by Gasteiger charge is -2.15.